The van der Waals surface area contributed by atoms with E-state index in [9.17, 15) is 19.5 Å². The van der Waals surface area contributed by atoms with Gasteiger partial charge in [-0.05, 0) is 20.3 Å². The first-order valence-electron chi connectivity index (χ1n) is 7.15. The Morgan fingerprint density at radius 3 is 2.61 bits per heavy atom. The highest BCUT2D eigenvalue weighted by molar-refractivity contribution is 5.88. The van der Waals surface area contributed by atoms with Crippen LogP contribution >= 0.6 is 0 Å². The van der Waals surface area contributed by atoms with E-state index in [4.69, 9.17) is 9.84 Å². The molecule has 0 atom stereocenters. The van der Waals surface area contributed by atoms with Gasteiger partial charge in [0.15, 0.2) is 11.3 Å². The zero-order chi connectivity index (χ0) is 17.1. The molecule has 23 heavy (non-hydrogen) atoms. The second-order valence-electron chi connectivity index (χ2n) is 5.35. The van der Waals surface area contributed by atoms with Crippen LogP contribution in [0.15, 0.2) is 28.2 Å². The smallest absolute Gasteiger partial charge is 0.341 e. The minimum absolute atomic E-state index is 0.0976. The molecule has 0 saturated carbocycles. The molecule has 2 aromatic rings. The first-order chi connectivity index (χ1) is 10.8. The lowest BCUT2D eigenvalue weighted by Gasteiger charge is -2.11. The lowest BCUT2D eigenvalue weighted by molar-refractivity contribution is 0.0693. The summed E-state index contributed by atoms with van der Waals surface area (Å²) in [6.45, 7) is 4.65. The summed E-state index contributed by atoms with van der Waals surface area (Å²) in [6.07, 6.45) is 4.60. The van der Waals surface area contributed by atoms with Crippen molar-refractivity contribution in [1.29, 1.82) is 0 Å². The summed E-state index contributed by atoms with van der Waals surface area (Å²) in [5, 5.41) is 18.8. The second-order valence-corrected chi connectivity index (χ2v) is 5.35. The number of aromatic carboxylic acids is 1. The Hall–Kier alpha value is -2.61. The highest BCUT2D eigenvalue weighted by Crippen LogP contribution is 2.11. The van der Waals surface area contributed by atoms with Crippen molar-refractivity contribution in [2.45, 2.75) is 32.9 Å². The molecule has 124 valence electrons. The fraction of sp³-hybridized carbons (Fsp3) is 0.400. The highest BCUT2D eigenvalue weighted by Gasteiger charge is 2.18. The molecule has 0 amide bonds. The van der Waals surface area contributed by atoms with Crippen molar-refractivity contribution in [3.63, 3.8) is 0 Å². The molecule has 0 unspecified atom stereocenters. The van der Waals surface area contributed by atoms with E-state index in [-0.39, 0.29) is 11.6 Å². The molecule has 2 heterocycles. The molecule has 0 spiro atoms. The Labute approximate surface area is 131 Å². The average molecular weight is 322 g/mol. The Balaban J connectivity index is 2.41. The van der Waals surface area contributed by atoms with Gasteiger partial charge in [0.05, 0.1) is 6.10 Å². The van der Waals surface area contributed by atoms with E-state index in [0.717, 1.165) is 10.6 Å². The van der Waals surface area contributed by atoms with Crippen LogP contribution in [0.3, 0.4) is 0 Å². The maximum atomic E-state index is 12.4. The van der Waals surface area contributed by atoms with Crippen LogP contribution in [0.5, 0.6) is 5.75 Å². The first kappa shape index (κ1) is 16.8. The minimum Gasteiger partial charge on any atom is -0.503 e. The number of ether oxygens (including phenoxy) is 1. The van der Waals surface area contributed by atoms with Gasteiger partial charge in [-0.1, -0.05) is 0 Å². The van der Waals surface area contributed by atoms with Crippen LogP contribution in [0, 0.1) is 0 Å². The van der Waals surface area contributed by atoms with Crippen LogP contribution in [-0.2, 0) is 11.3 Å². The maximum Gasteiger partial charge on any atom is 0.341 e. The van der Waals surface area contributed by atoms with E-state index in [1.807, 2.05) is 13.8 Å². The first-order valence-corrected chi connectivity index (χ1v) is 7.15. The summed E-state index contributed by atoms with van der Waals surface area (Å²) >= 11 is 0. The molecule has 8 nitrogen and oxygen atoms in total. The van der Waals surface area contributed by atoms with Crippen LogP contribution in [-0.4, -0.2) is 37.9 Å². The maximum absolute atomic E-state index is 12.4. The molecule has 0 aromatic carbocycles. The summed E-state index contributed by atoms with van der Waals surface area (Å²) in [5.74, 6) is -2.32. The van der Waals surface area contributed by atoms with Crippen molar-refractivity contribution in [2.24, 2.45) is 0 Å². The summed E-state index contributed by atoms with van der Waals surface area (Å²) in [7, 11) is 0. The molecule has 2 rings (SSSR count). The fourth-order valence-electron chi connectivity index (χ4n) is 2.19. The Kier molecular flexibility index (Phi) is 4.85. The van der Waals surface area contributed by atoms with Gasteiger partial charge < -0.3 is 23.9 Å². The van der Waals surface area contributed by atoms with Crippen molar-refractivity contribution in [3.8, 4) is 5.75 Å². The van der Waals surface area contributed by atoms with Crippen molar-refractivity contribution in [2.75, 3.05) is 6.61 Å². The SMILES string of the molecule is CC(C)OCCCn1ccn2cc(C(=O)O)c(=O)c(O)c2c1=O. The highest BCUT2D eigenvalue weighted by atomic mass is 16.5. The van der Waals surface area contributed by atoms with Crippen LogP contribution in [0.2, 0.25) is 0 Å². The van der Waals surface area contributed by atoms with Crippen LogP contribution in [0.1, 0.15) is 30.6 Å². The molecule has 8 heteroatoms. The van der Waals surface area contributed by atoms with E-state index >= 15 is 0 Å². The van der Waals surface area contributed by atoms with Crippen molar-refractivity contribution in [3.05, 3.63) is 44.7 Å². The number of fused-ring (bicyclic) bond motifs is 1. The number of carboxylic acid groups (broad SMARTS) is 1. The van der Waals surface area contributed by atoms with Gasteiger partial charge in [0.1, 0.15) is 5.56 Å². The number of carboxylic acids is 1. The molecule has 2 aromatic heterocycles. The fourth-order valence-corrected chi connectivity index (χ4v) is 2.19. The van der Waals surface area contributed by atoms with Gasteiger partial charge in [0, 0.05) is 31.7 Å². The topological polar surface area (TPSA) is 110 Å². The lowest BCUT2D eigenvalue weighted by atomic mass is 10.2. The van der Waals surface area contributed by atoms with Crippen LogP contribution in [0.4, 0.5) is 0 Å². The molecule has 0 saturated heterocycles. The van der Waals surface area contributed by atoms with Crippen molar-refractivity contribution >= 4 is 11.5 Å². The van der Waals surface area contributed by atoms with Gasteiger partial charge in [-0.25, -0.2) is 4.79 Å². The summed E-state index contributed by atoms with van der Waals surface area (Å²) in [4.78, 5) is 35.2. The lowest BCUT2D eigenvalue weighted by Crippen LogP contribution is -2.26. The van der Waals surface area contributed by atoms with Gasteiger partial charge in [0.25, 0.3) is 5.56 Å². The Morgan fingerprint density at radius 2 is 2.00 bits per heavy atom. The van der Waals surface area contributed by atoms with E-state index in [0.29, 0.717) is 19.6 Å². The minimum atomic E-state index is -1.46. The predicted octanol–water partition coefficient (Wildman–Crippen LogP) is 0.680. The molecule has 0 radical (unpaired) electrons. The van der Waals surface area contributed by atoms with Crippen LogP contribution < -0.4 is 11.0 Å². The summed E-state index contributed by atoms with van der Waals surface area (Å²) in [6, 6.07) is 0. The Bertz CT molecular complexity index is 849. The number of hydrogen-bond donors (Lipinski definition) is 2. The molecule has 0 bridgehead atoms. The third-order valence-corrected chi connectivity index (χ3v) is 3.31. The second kappa shape index (κ2) is 6.66. The molecule has 0 aliphatic carbocycles. The van der Waals surface area contributed by atoms with Gasteiger partial charge in [-0.3, -0.25) is 9.59 Å². The molecule has 0 aliphatic rings. The Morgan fingerprint density at radius 1 is 1.30 bits per heavy atom. The third kappa shape index (κ3) is 3.42. The summed E-state index contributed by atoms with van der Waals surface area (Å²) < 4.78 is 7.88. The molecule has 0 aliphatic heterocycles. The molecular weight excluding hydrogens is 304 g/mol. The van der Waals surface area contributed by atoms with Gasteiger partial charge in [-0.15, -0.1) is 0 Å². The standard InChI is InChI=1S/C15H18N2O6/c1-9(2)23-7-3-4-16-5-6-17-8-10(15(21)22)12(18)13(19)11(17)14(16)20/h5-6,8-9,19H,3-4,7H2,1-2H3,(H,21,22). The van der Waals surface area contributed by atoms with Gasteiger partial charge in [0.2, 0.25) is 5.43 Å². The monoisotopic (exact) mass is 322 g/mol. The molecule has 2 N–H and O–H groups in total. The molecular formula is C15H18N2O6. The number of carbonyl (C=O) groups is 1. The molecule has 0 fully saturated rings. The predicted molar refractivity (Wildman–Crippen MR) is 82.3 cm³/mol. The number of nitrogens with zero attached hydrogens (tertiary/aromatic N) is 2. The number of pyridine rings is 1. The van der Waals surface area contributed by atoms with E-state index in [2.05, 4.69) is 0 Å². The quantitative estimate of drug-likeness (QED) is 0.757. The number of hydrogen-bond acceptors (Lipinski definition) is 5. The third-order valence-electron chi connectivity index (χ3n) is 3.31. The number of rotatable bonds is 6. The van der Waals surface area contributed by atoms with Crippen molar-refractivity contribution < 1.29 is 19.7 Å². The van der Waals surface area contributed by atoms with Gasteiger partial charge >= 0.3 is 5.97 Å². The summed E-state index contributed by atoms with van der Waals surface area (Å²) in [5.41, 5.74) is -2.48. The number of aromatic nitrogens is 2. The van der Waals surface area contributed by atoms with Crippen LogP contribution in [0.25, 0.3) is 5.52 Å². The largest absolute Gasteiger partial charge is 0.503 e. The number of aromatic hydroxyl groups is 1. The van der Waals surface area contributed by atoms with E-state index in [1.165, 1.54) is 17.0 Å². The van der Waals surface area contributed by atoms with Gasteiger partial charge in [-0.2, -0.15) is 0 Å². The zero-order valence-corrected chi connectivity index (χ0v) is 12.9. The zero-order valence-electron chi connectivity index (χ0n) is 12.9. The normalized spacial score (nSPS) is 11.3. The van der Waals surface area contributed by atoms with E-state index in [1.54, 1.807) is 0 Å². The average Bonchev–Trinajstić information content (AvgIpc) is 2.48. The number of aryl methyl sites for hydroxylation is 1. The van der Waals surface area contributed by atoms with Crippen molar-refractivity contribution in [1.82, 2.24) is 8.97 Å². The van der Waals surface area contributed by atoms with E-state index < -0.39 is 28.3 Å².